The molecule has 0 aromatic heterocycles. The molecule has 0 heterocycles. The molecule has 2 unspecified atom stereocenters. The van der Waals surface area contributed by atoms with Crippen LogP contribution >= 0.6 is 11.6 Å². The zero-order valence-electron chi connectivity index (χ0n) is 11.4. The minimum absolute atomic E-state index is 0.138. The second-order valence-corrected chi connectivity index (χ2v) is 7.41. The third kappa shape index (κ3) is 3.51. The largest absolute Gasteiger partial charge is 0.240 e. The summed E-state index contributed by atoms with van der Waals surface area (Å²) in [5.74, 6) is 0.818. The van der Waals surface area contributed by atoms with Gasteiger partial charge in [-0.3, -0.25) is 0 Å². The van der Waals surface area contributed by atoms with E-state index >= 15 is 0 Å². The molecule has 0 bridgehead atoms. The lowest BCUT2D eigenvalue weighted by atomic mass is 9.98. The number of sulfonamides is 1. The minimum Gasteiger partial charge on any atom is -0.211 e. The topological polar surface area (TPSA) is 46.2 Å². The maximum absolute atomic E-state index is 13.0. The summed E-state index contributed by atoms with van der Waals surface area (Å²) in [6.45, 7) is 1.99. The molecule has 0 radical (unpaired) electrons. The number of hydrogen-bond donors (Lipinski definition) is 1. The van der Waals surface area contributed by atoms with Crippen molar-refractivity contribution in [2.24, 2.45) is 11.8 Å². The van der Waals surface area contributed by atoms with Gasteiger partial charge in [-0.25, -0.2) is 17.5 Å². The van der Waals surface area contributed by atoms with Crippen LogP contribution < -0.4 is 4.72 Å². The van der Waals surface area contributed by atoms with Crippen LogP contribution in [0.3, 0.4) is 0 Å². The summed E-state index contributed by atoms with van der Waals surface area (Å²) in [7, 11) is -3.59. The van der Waals surface area contributed by atoms with Crippen molar-refractivity contribution >= 4 is 21.6 Å². The van der Waals surface area contributed by atoms with Crippen LogP contribution in [0.4, 0.5) is 4.39 Å². The van der Waals surface area contributed by atoms with Crippen molar-refractivity contribution in [2.45, 2.75) is 31.1 Å². The molecule has 0 saturated heterocycles. The van der Waals surface area contributed by atoms with Crippen LogP contribution in [0, 0.1) is 24.6 Å². The number of benzene rings is 1. The Bertz CT molecular complexity index is 577. The predicted octanol–water partition coefficient (Wildman–Crippen LogP) is 3.07. The van der Waals surface area contributed by atoms with E-state index in [1.54, 1.807) is 6.92 Å². The van der Waals surface area contributed by atoms with Gasteiger partial charge in [0.1, 0.15) is 5.82 Å². The lowest BCUT2D eigenvalue weighted by Crippen LogP contribution is -2.31. The van der Waals surface area contributed by atoms with Crippen molar-refractivity contribution in [1.29, 1.82) is 0 Å². The first-order valence-electron chi connectivity index (χ1n) is 6.76. The molecule has 1 aliphatic carbocycles. The summed E-state index contributed by atoms with van der Waals surface area (Å²) in [5, 5.41) is 0. The average Bonchev–Trinajstić information content (AvgIpc) is 2.83. The van der Waals surface area contributed by atoms with Gasteiger partial charge in [-0.05, 0) is 55.4 Å². The van der Waals surface area contributed by atoms with Gasteiger partial charge in [0.25, 0.3) is 0 Å². The first kappa shape index (κ1) is 15.7. The molecule has 112 valence electrons. The first-order valence-corrected chi connectivity index (χ1v) is 8.77. The van der Waals surface area contributed by atoms with Crippen molar-refractivity contribution in [3.8, 4) is 0 Å². The number of aryl methyl sites for hydroxylation is 1. The second-order valence-electron chi connectivity index (χ2n) is 5.37. The fourth-order valence-corrected chi connectivity index (χ4v) is 4.52. The van der Waals surface area contributed by atoms with Crippen LogP contribution in [0.2, 0.25) is 0 Å². The lowest BCUT2D eigenvalue weighted by molar-refractivity contribution is 0.418. The highest BCUT2D eigenvalue weighted by atomic mass is 35.5. The fraction of sp³-hybridized carbons (Fsp3) is 0.571. The number of alkyl halides is 1. The van der Waals surface area contributed by atoms with Crippen LogP contribution in [0.1, 0.15) is 24.8 Å². The summed E-state index contributed by atoms with van der Waals surface area (Å²) < 4.78 is 40.2. The maximum Gasteiger partial charge on any atom is 0.240 e. The van der Waals surface area contributed by atoms with E-state index in [-0.39, 0.29) is 4.90 Å². The van der Waals surface area contributed by atoms with Crippen molar-refractivity contribution in [2.75, 3.05) is 12.4 Å². The average molecular weight is 320 g/mol. The SMILES string of the molecule is Cc1cc(F)ccc1S(=O)(=O)NCC1CCCC1CCl. The van der Waals surface area contributed by atoms with E-state index in [0.29, 0.717) is 29.8 Å². The van der Waals surface area contributed by atoms with Crippen LogP contribution in [0.5, 0.6) is 0 Å². The van der Waals surface area contributed by atoms with Crippen molar-refractivity contribution in [1.82, 2.24) is 4.72 Å². The van der Waals surface area contributed by atoms with E-state index in [1.807, 2.05) is 0 Å². The molecule has 6 heteroatoms. The fourth-order valence-electron chi connectivity index (χ4n) is 2.79. The van der Waals surface area contributed by atoms with Gasteiger partial charge in [-0.2, -0.15) is 0 Å². The molecular formula is C14H19ClFNO2S. The molecule has 0 amide bonds. The Balaban J connectivity index is 2.07. The Morgan fingerprint density at radius 3 is 2.70 bits per heavy atom. The molecule has 0 spiro atoms. The highest BCUT2D eigenvalue weighted by Crippen LogP contribution is 2.32. The van der Waals surface area contributed by atoms with Gasteiger partial charge in [-0.15, -0.1) is 11.6 Å². The molecule has 2 atom stereocenters. The van der Waals surface area contributed by atoms with E-state index in [2.05, 4.69) is 4.72 Å². The Morgan fingerprint density at radius 2 is 2.05 bits per heavy atom. The zero-order valence-corrected chi connectivity index (χ0v) is 13.0. The van der Waals surface area contributed by atoms with Gasteiger partial charge in [0.15, 0.2) is 0 Å². The quantitative estimate of drug-likeness (QED) is 0.848. The van der Waals surface area contributed by atoms with Gasteiger partial charge in [0.05, 0.1) is 4.90 Å². The molecule has 1 saturated carbocycles. The van der Waals surface area contributed by atoms with E-state index < -0.39 is 15.8 Å². The molecule has 0 aliphatic heterocycles. The van der Waals surface area contributed by atoms with Crippen LogP contribution in [0.15, 0.2) is 23.1 Å². The third-order valence-electron chi connectivity index (χ3n) is 3.98. The third-order valence-corrected chi connectivity index (χ3v) is 5.96. The molecule has 1 aliphatic rings. The molecule has 1 N–H and O–H groups in total. The van der Waals surface area contributed by atoms with E-state index in [0.717, 1.165) is 19.3 Å². The Hall–Kier alpha value is -0.650. The lowest BCUT2D eigenvalue weighted by Gasteiger charge is -2.18. The highest BCUT2D eigenvalue weighted by Gasteiger charge is 2.28. The van der Waals surface area contributed by atoms with E-state index in [4.69, 9.17) is 11.6 Å². The monoisotopic (exact) mass is 319 g/mol. The van der Waals surface area contributed by atoms with Crippen LogP contribution in [-0.2, 0) is 10.0 Å². The Labute approximate surface area is 124 Å². The summed E-state index contributed by atoms with van der Waals surface area (Å²) in [5.41, 5.74) is 0.415. The maximum atomic E-state index is 13.0. The number of nitrogens with one attached hydrogen (secondary N) is 1. The minimum atomic E-state index is -3.59. The summed E-state index contributed by atoms with van der Waals surface area (Å²) in [6.07, 6.45) is 3.16. The highest BCUT2D eigenvalue weighted by molar-refractivity contribution is 7.89. The van der Waals surface area contributed by atoms with E-state index in [1.165, 1.54) is 18.2 Å². The van der Waals surface area contributed by atoms with Gasteiger partial charge in [0.2, 0.25) is 10.0 Å². The summed E-state index contributed by atoms with van der Waals surface area (Å²) in [6, 6.07) is 3.70. The molecule has 2 rings (SSSR count). The van der Waals surface area contributed by atoms with E-state index in [9.17, 15) is 12.8 Å². The van der Waals surface area contributed by atoms with Gasteiger partial charge in [-0.1, -0.05) is 6.42 Å². The van der Waals surface area contributed by atoms with Crippen LogP contribution in [-0.4, -0.2) is 20.8 Å². The smallest absolute Gasteiger partial charge is 0.211 e. The molecule has 1 fully saturated rings. The molecular weight excluding hydrogens is 301 g/mol. The van der Waals surface area contributed by atoms with Gasteiger partial charge in [0, 0.05) is 12.4 Å². The zero-order chi connectivity index (χ0) is 14.8. The second kappa shape index (κ2) is 6.41. The predicted molar refractivity (Wildman–Crippen MR) is 77.9 cm³/mol. The van der Waals surface area contributed by atoms with Crippen molar-refractivity contribution < 1.29 is 12.8 Å². The van der Waals surface area contributed by atoms with Gasteiger partial charge < -0.3 is 0 Å². The Morgan fingerprint density at radius 1 is 1.35 bits per heavy atom. The summed E-state index contributed by atoms with van der Waals surface area (Å²) >= 11 is 5.89. The van der Waals surface area contributed by atoms with Crippen molar-refractivity contribution in [3.63, 3.8) is 0 Å². The molecule has 1 aromatic rings. The first-order chi connectivity index (χ1) is 9.44. The normalized spacial score (nSPS) is 23.1. The summed E-state index contributed by atoms with van der Waals surface area (Å²) in [4.78, 5) is 0.138. The Kier molecular flexibility index (Phi) is 5.04. The van der Waals surface area contributed by atoms with Crippen LogP contribution in [0.25, 0.3) is 0 Å². The number of hydrogen-bond acceptors (Lipinski definition) is 2. The molecule has 20 heavy (non-hydrogen) atoms. The number of rotatable bonds is 5. The van der Waals surface area contributed by atoms with Crippen molar-refractivity contribution in [3.05, 3.63) is 29.6 Å². The number of halogens is 2. The molecule has 1 aromatic carbocycles. The van der Waals surface area contributed by atoms with Gasteiger partial charge >= 0.3 is 0 Å². The molecule has 3 nitrogen and oxygen atoms in total. The standard InChI is InChI=1S/C14H19ClFNO2S/c1-10-7-13(16)5-6-14(10)20(18,19)17-9-12-4-2-3-11(12)8-15/h5-7,11-12,17H,2-4,8-9H2,1H3.